The molecule has 104 valence electrons. The molecule has 1 aromatic heterocycles. The largest absolute Gasteiger partial charge is 0.354 e. The van der Waals surface area contributed by atoms with Crippen LogP contribution in [-0.2, 0) is 0 Å². The number of nitrogens with one attached hydrogen (secondary N) is 1. The molecule has 0 spiro atoms. The zero-order valence-corrected chi connectivity index (χ0v) is 11.3. The Kier molecular flexibility index (Phi) is 3.14. The van der Waals surface area contributed by atoms with Crippen LogP contribution in [0.2, 0.25) is 0 Å². The lowest BCUT2D eigenvalue weighted by Gasteiger charge is -2.06. The number of ketones is 1. The van der Waals surface area contributed by atoms with Gasteiger partial charge < -0.3 is 4.98 Å². The Morgan fingerprint density at radius 3 is 2.43 bits per heavy atom. The van der Waals surface area contributed by atoms with Crippen LogP contribution in [0.15, 0.2) is 53.3 Å². The number of benzene rings is 2. The highest BCUT2D eigenvalue weighted by Gasteiger charge is 2.07. The minimum Gasteiger partial charge on any atom is -0.354 e. The SMILES string of the molecule is CC(=O)c1ccc2[nH]c(-c3ccc(F)cc3)cc(=O)c2c1. The lowest BCUT2D eigenvalue weighted by Crippen LogP contribution is -2.04. The number of hydrogen-bond acceptors (Lipinski definition) is 2. The van der Waals surface area contributed by atoms with Crippen molar-refractivity contribution in [1.29, 1.82) is 0 Å². The lowest BCUT2D eigenvalue weighted by molar-refractivity contribution is 0.101. The number of Topliss-reactive ketones (excluding diaryl/α,β-unsaturated/α-hetero) is 1. The molecule has 2 aromatic carbocycles. The monoisotopic (exact) mass is 281 g/mol. The molecule has 3 nitrogen and oxygen atoms in total. The van der Waals surface area contributed by atoms with Gasteiger partial charge in [-0.25, -0.2) is 4.39 Å². The van der Waals surface area contributed by atoms with Crippen molar-refractivity contribution in [2.75, 3.05) is 0 Å². The molecule has 0 aliphatic rings. The Balaban J connectivity index is 2.20. The molecule has 1 heterocycles. The van der Waals surface area contributed by atoms with Crippen LogP contribution >= 0.6 is 0 Å². The topological polar surface area (TPSA) is 49.9 Å². The van der Waals surface area contributed by atoms with Gasteiger partial charge in [-0.3, -0.25) is 9.59 Å². The second-order valence-corrected chi connectivity index (χ2v) is 4.87. The van der Waals surface area contributed by atoms with E-state index in [1.807, 2.05) is 0 Å². The number of carbonyl (C=O) groups excluding carboxylic acids is 1. The first kappa shape index (κ1) is 13.2. The van der Waals surface area contributed by atoms with E-state index >= 15 is 0 Å². The third kappa shape index (κ3) is 2.48. The molecule has 0 unspecified atom stereocenters. The van der Waals surface area contributed by atoms with Crippen LogP contribution in [0, 0.1) is 5.82 Å². The summed E-state index contributed by atoms with van der Waals surface area (Å²) in [6.07, 6.45) is 0. The van der Waals surface area contributed by atoms with Crippen molar-refractivity contribution >= 4 is 16.7 Å². The molecule has 21 heavy (non-hydrogen) atoms. The van der Waals surface area contributed by atoms with Crippen LogP contribution in [-0.4, -0.2) is 10.8 Å². The quantitative estimate of drug-likeness (QED) is 0.730. The highest BCUT2D eigenvalue weighted by atomic mass is 19.1. The Bertz CT molecular complexity index is 895. The molecule has 0 atom stereocenters. The van der Waals surface area contributed by atoms with E-state index in [2.05, 4.69) is 4.98 Å². The number of H-pyrrole nitrogens is 1. The van der Waals surface area contributed by atoms with Crippen LogP contribution in [0.3, 0.4) is 0 Å². The summed E-state index contributed by atoms with van der Waals surface area (Å²) in [6, 6.07) is 12.3. The molecule has 0 fully saturated rings. The van der Waals surface area contributed by atoms with Crippen LogP contribution in [0.25, 0.3) is 22.2 Å². The first-order valence-electron chi connectivity index (χ1n) is 6.48. The van der Waals surface area contributed by atoms with Crippen molar-refractivity contribution in [3.8, 4) is 11.3 Å². The van der Waals surface area contributed by atoms with E-state index in [0.717, 1.165) is 5.56 Å². The van der Waals surface area contributed by atoms with Gasteiger partial charge in [0.2, 0.25) is 0 Å². The second kappa shape index (κ2) is 4.98. The van der Waals surface area contributed by atoms with Gasteiger partial charge >= 0.3 is 0 Å². The molecular formula is C17H12FNO2. The fourth-order valence-corrected chi connectivity index (χ4v) is 2.25. The Hall–Kier alpha value is -2.75. The zero-order valence-electron chi connectivity index (χ0n) is 11.3. The predicted molar refractivity (Wildman–Crippen MR) is 80.0 cm³/mol. The van der Waals surface area contributed by atoms with Crippen LogP contribution in [0.5, 0.6) is 0 Å². The van der Waals surface area contributed by atoms with Crippen molar-refractivity contribution in [2.24, 2.45) is 0 Å². The fraction of sp³-hybridized carbons (Fsp3) is 0.0588. The summed E-state index contributed by atoms with van der Waals surface area (Å²) < 4.78 is 13.0. The molecule has 0 amide bonds. The Morgan fingerprint density at radius 1 is 1.05 bits per heavy atom. The van der Waals surface area contributed by atoms with E-state index in [-0.39, 0.29) is 17.0 Å². The van der Waals surface area contributed by atoms with E-state index in [1.54, 1.807) is 30.3 Å². The van der Waals surface area contributed by atoms with E-state index < -0.39 is 0 Å². The van der Waals surface area contributed by atoms with Crippen LogP contribution in [0.1, 0.15) is 17.3 Å². The lowest BCUT2D eigenvalue weighted by atomic mass is 10.1. The number of rotatable bonds is 2. The summed E-state index contributed by atoms with van der Waals surface area (Å²) in [5, 5.41) is 0.466. The number of halogens is 1. The molecule has 0 saturated heterocycles. The number of aromatic amines is 1. The van der Waals surface area contributed by atoms with Gasteiger partial charge in [-0.2, -0.15) is 0 Å². The number of hydrogen-bond donors (Lipinski definition) is 1. The standard InChI is InChI=1S/C17H12FNO2/c1-10(20)12-4-7-15-14(8-12)17(21)9-16(19-15)11-2-5-13(18)6-3-11/h2-9H,1H3,(H,19,21). The smallest absolute Gasteiger partial charge is 0.190 e. The molecule has 0 saturated carbocycles. The Labute approximate surface area is 120 Å². The molecule has 0 bridgehead atoms. The van der Waals surface area contributed by atoms with E-state index in [4.69, 9.17) is 0 Å². The van der Waals surface area contributed by atoms with E-state index in [1.165, 1.54) is 25.1 Å². The molecule has 0 radical (unpaired) electrons. The minimum absolute atomic E-state index is 0.0843. The van der Waals surface area contributed by atoms with E-state index in [9.17, 15) is 14.0 Å². The zero-order chi connectivity index (χ0) is 15.0. The van der Waals surface area contributed by atoms with Crippen molar-refractivity contribution in [1.82, 2.24) is 4.98 Å². The van der Waals surface area contributed by atoms with E-state index in [0.29, 0.717) is 22.2 Å². The summed E-state index contributed by atoms with van der Waals surface area (Å²) in [7, 11) is 0. The third-order valence-corrected chi connectivity index (χ3v) is 3.39. The summed E-state index contributed by atoms with van der Waals surface area (Å²) in [5.41, 5.74) is 2.31. The maximum absolute atomic E-state index is 13.0. The first-order chi connectivity index (χ1) is 10.0. The average molecular weight is 281 g/mol. The third-order valence-electron chi connectivity index (χ3n) is 3.39. The van der Waals surface area contributed by atoms with Crippen molar-refractivity contribution < 1.29 is 9.18 Å². The summed E-state index contributed by atoms with van der Waals surface area (Å²) in [5.74, 6) is -0.410. The average Bonchev–Trinajstić information content (AvgIpc) is 2.47. The maximum Gasteiger partial charge on any atom is 0.190 e. The van der Waals surface area contributed by atoms with Gasteiger partial charge in [0.15, 0.2) is 11.2 Å². The number of aromatic nitrogens is 1. The fourth-order valence-electron chi connectivity index (χ4n) is 2.25. The molecule has 3 aromatic rings. The highest BCUT2D eigenvalue weighted by molar-refractivity contribution is 5.98. The maximum atomic E-state index is 13.0. The van der Waals surface area contributed by atoms with Gasteiger partial charge in [0.25, 0.3) is 0 Å². The van der Waals surface area contributed by atoms with Gasteiger partial charge in [0.1, 0.15) is 5.82 Å². The van der Waals surface area contributed by atoms with Gasteiger partial charge in [0, 0.05) is 28.2 Å². The molecule has 4 heteroatoms. The van der Waals surface area contributed by atoms with Crippen molar-refractivity contribution in [3.63, 3.8) is 0 Å². The number of pyridine rings is 1. The molecule has 0 aliphatic heterocycles. The van der Waals surface area contributed by atoms with Crippen LogP contribution in [0.4, 0.5) is 4.39 Å². The number of carbonyl (C=O) groups is 1. The predicted octanol–water partition coefficient (Wildman–Crippen LogP) is 3.54. The molecule has 1 N–H and O–H groups in total. The van der Waals surface area contributed by atoms with Crippen molar-refractivity contribution in [2.45, 2.75) is 6.92 Å². The van der Waals surface area contributed by atoms with Gasteiger partial charge in [0.05, 0.1) is 0 Å². The van der Waals surface area contributed by atoms with Gasteiger partial charge in [-0.1, -0.05) is 0 Å². The first-order valence-corrected chi connectivity index (χ1v) is 6.48. The summed E-state index contributed by atoms with van der Waals surface area (Å²) in [4.78, 5) is 26.7. The Morgan fingerprint density at radius 2 is 1.76 bits per heavy atom. The molecule has 0 aliphatic carbocycles. The van der Waals surface area contributed by atoms with Gasteiger partial charge in [-0.15, -0.1) is 0 Å². The van der Waals surface area contributed by atoms with Gasteiger partial charge in [-0.05, 0) is 55.0 Å². The summed E-state index contributed by atoms with van der Waals surface area (Å²) in [6.45, 7) is 1.46. The van der Waals surface area contributed by atoms with Crippen LogP contribution < -0.4 is 5.43 Å². The van der Waals surface area contributed by atoms with Crippen molar-refractivity contribution in [3.05, 3.63) is 70.1 Å². The summed E-state index contributed by atoms with van der Waals surface area (Å²) >= 11 is 0. The second-order valence-electron chi connectivity index (χ2n) is 4.87. The molecule has 3 rings (SSSR count). The number of fused-ring (bicyclic) bond motifs is 1. The molecular weight excluding hydrogens is 269 g/mol. The highest BCUT2D eigenvalue weighted by Crippen LogP contribution is 2.19. The normalized spacial score (nSPS) is 10.8. The minimum atomic E-state index is -0.326.